The molecule has 0 aliphatic heterocycles. The highest BCUT2D eigenvalue weighted by atomic mass is 79.9. The van der Waals surface area contributed by atoms with Crippen LogP contribution in [0.3, 0.4) is 0 Å². The molecule has 0 spiro atoms. The van der Waals surface area contributed by atoms with Crippen LogP contribution in [-0.4, -0.2) is 24.7 Å². The second kappa shape index (κ2) is 10.6. The third kappa shape index (κ3) is 6.17. The van der Waals surface area contributed by atoms with Crippen molar-refractivity contribution in [2.75, 3.05) is 6.61 Å². The molecular formula is C22H16BrClN2O4. The van der Waals surface area contributed by atoms with E-state index in [2.05, 4.69) is 26.5 Å². The number of amides is 1. The first-order valence-corrected chi connectivity index (χ1v) is 9.96. The summed E-state index contributed by atoms with van der Waals surface area (Å²) in [5, 5.41) is 4.30. The van der Waals surface area contributed by atoms with Crippen LogP contribution in [0.1, 0.15) is 15.9 Å². The molecule has 0 aliphatic rings. The van der Waals surface area contributed by atoms with Gasteiger partial charge in [-0.15, -0.1) is 0 Å². The van der Waals surface area contributed by atoms with E-state index in [9.17, 15) is 9.59 Å². The van der Waals surface area contributed by atoms with E-state index in [0.29, 0.717) is 32.1 Å². The minimum Gasteiger partial charge on any atom is -0.482 e. The quantitative estimate of drug-likeness (QED) is 0.224. The standard InChI is InChI=1S/C22H16BrClN2O4/c23-18-6-2-1-5-17(18)22(28)30-16-11-9-15(10-12-16)13-25-26-21(27)14-29-20-8-4-3-7-19(20)24/h1-13H,14H2,(H,26,27)/b25-13-. The highest BCUT2D eigenvalue weighted by Gasteiger charge is 2.11. The Morgan fingerprint density at radius 3 is 2.43 bits per heavy atom. The zero-order valence-corrected chi connectivity index (χ0v) is 17.9. The number of carbonyl (C=O) groups is 2. The molecule has 6 nitrogen and oxygen atoms in total. The summed E-state index contributed by atoms with van der Waals surface area (Å²) in [6.07, 6.45) is 1.47. The second-order valence-electron chi connectivity index (χ2n) is 5.95. The van der Waals surface area contributed by atoms with Gasteiger partial charge in [-0.2, -0.15) is 5.10 Å². The van der Waals surface area contributed by atoms with Gasteiger partial charge in [0, 0.05) is 4.47 Å². The van der Waals surface area contributed by atoms with Crippen molar-refractivity contribution in [3.63, 3.8) is 0 Å². The van der Waals surface area contributed by atoms with Crippen molar-refractivity contribution < 1.29 is 19.1 Å². The molecule has 0 aliphatic carbocycles. The Kier molecular flexibility index (Phi) is 7.59. The van der Waals surface area contributed by atoms with Gasteiger partial charge in [0.1, 0.15) is 11.5 Å². The Hall–Kier alpha value is -3.16. The zero-order valence-electron chi connectivity index (χ0n) is 15.5. The van der Waals surface area contributed by atoms with Gasteiger partial charge in [-0.1, -0.05) is 35.9 Å². The minimum atomic E-state index is -0.463. The van der Waals surface area contributed by atoms with Gasteiger partial charge in [0.25, 0.3) is 5.91 Å². The lowest BCUT2D eigenvalue weighted by Crippen LogP contribution is -2.24. The average molecular weight is 488 g/mol. The van der Waals surface area contributed by atoms with E-state index < -0.39 is 11.9 Å². The van der Waals surface area contributed by atoms with Crippen LogP contribution in [0, 0.1) is 0 Å². The first-order valence-electron chi connectivity index (χ1n) is 8.79. The van der Waals surface area contributed by atoms with Gasteiger partial charge >= 0.3 is 5.97 Å². The van der Waals surface area contributed by atoms with Gasteiger partial charge in [-0.05, 0) is 70.0 Å². The third-order valence-corrected chi connectivity index (χ3v) is 4.79. The predicted octanol–water partition coefficient (Wildman–Crippen LogP) is 4.85. The van der Waals surface area contributed by atoms with Crippen LogP contribution >= 0.6 is 27.5 Å². The summed E-state index contributed by atoms with van der Waals surface area (Å²) in [5.41, 5.74) is 3.51. The number of hydrazone groups is 1. The van der Waals surface area contributed by atoms with E-state index in [0.717, 1.165) is 0 Å². The van der Waals surface area contributed by atoms with Crippen LogP contribution < -0.4 is 14.9 Å². The molecule has 0 bridgehead atoms. The first-order chi connectivity index (χ1) is 14.5. The number of para-hydroxylation sites is 1. The number of hydrogen-bond donors (Lipinski definition) is 1. The van der Waals surface area contributed by atoms with E-state index in [1.807, 2.05) is 6.07 Å². The van der Waals surface area contributed by atoms with Crippen LogP contribution in [0.4, 0.5) is 0 Å². The molecule has 0 radical (unpaired) electrons. The van der Waals surface area contributed by atoms with Crippen LogP contribution in [0.5, 0.6) is 11.5 Å². The van der Waals surface area contributed by atoms with Crippen LogP contribution in [-0.2, 0) is 4.79 Å². The fourth-order valence-corrected chi connectivity index (χ4v) is 2.96. The molecule has 30 heavy (non-hydrogen) atoms. The largest absolute Gasteiger partial charge is 0.482 e. The van der Waals surface area contributed by atoms with Crippen molar-refractivity contribution in [1.29, 1.82) is 0 Å². The predicted molar refractivity (Wildman–Crippen MR) is 118 cm³/mol. The molecule has 0 fully saturated rings. The number of ether oxygens (including phenoxy) is 2. The Bertz CT molecular complexity index is 1070. The number of esters is 1. The monoisotopic (exact) mass is 486 g/mol. The SMILES string of the molecule is O=C(COc1ccccc1Cl)N/N=C\c1ccc(OC(=O)c2ccccc2Br)cc1. The molecule has 0 atom stereocenters. The van der Waals surface area contributed by atoms with Gasteiger partial charge in [-0.3, -0.25) is 4.79 Å². The third-order valence-electron chi connectivity index (χ3n) is 3.78. The molecule has 0 saturated carbocycles. The summed E-state index contributed by atoms with van der Waals surface area (Å²) in [6.45, 7) is -0.217. The molecule has 0 saturated heterocycles. The molecule has 3 aromatic rings. The summed E-state index contributed by atoms with van der Waals surface area (Å²) in [4.78, 5) is 24.0. The smallest absolute Gasteiger partial charge is 0.344 e. The van der Waals surface area contributed by atoms with Gasteiger partial charge < -0.3 is 9.47 Å². The van der Waals surface area contributed by atoms with E-state index in [-0.39, 0.29) is 6.61 Å². The van der Waals surface area contributed by atoms with Crippen molar-refractivity contribution in [2.24, 2.45) is 5.10 Å². The maximum absolute atomic E-state index is 12.2. The molecular weight excluding hydrogens is 472 g/mol. The lowest BCUT2D eigenvalue weighted by atomic mass is 10.2. The second-order valence-corrected chi connectivity index (χ2v) is 7.21. The topological polar surface area (TPSA) is 77.0 Å². The number of carbonyl (C=O) groups excluding carboxylic acids is 2. The van der Waals surface area contributed by atoms with E-state index in [1.54, 1.807) is 66.7 Å². The highest BCUT2D eigenvalue weighted by molar-refractivity contribution is 9.10. The number of rotatable bonds is 7. The Labute approximate surface area is 186 Å². The number of halogens is 2. The van der Waals surface area contributed by atoms with Crippen LogP contribution in [0.2, 0.25) is 5.02 Å². The summed E-state index contributed by atoms with van der Waals surface area (Å²) >= 11 is 9.28. The summed E-state index contributed by atoms with van der Waals surface area (Å²) in [7, 11) is 0. The maximum atomic E-state index is 12.2. The fourth-order valence-electron chi connectivity index (χ4n) is 2.33. The molecule has 1 amide bonds. The number of benzene rings is 3. The summed E-state index contributed by atoms with van der Waals surface area (Å²) in [6, 6.07) is 20.6. The number of hydrogen-bond acceptors (Lipinski definition) is 5. The van der Waals surface area contributed by atoms with Crippen molar-refractivity contribution >= 4 is 45.6 Å². The number of nitrogens with zero attached hydrogens (tertiary/aromatic N) is 1. The molecule has 3 rings (SSSR count). The van der Waals surface area contributed by atoms with Gasteiger partial charge in [0.15, 0.2) is 6.61 Å². The van der Waals surface area contributed by atoms with E-state index in [1.165, 1.54) is 6.21 Å². The molecule has 0 unspecified atom stereocenters. The van der Waals surface area contributed by atoms with Crippen molar-refractivity contribution in [2.45, 2.75) is 0 Å². The number of nitrogens with one attached hydrogen (secondary N) is 1. The Morgan fingerprint density at radius 2 is 1.70 bits per heavy atom. The molecule has 1 N–H and O–H groups in total. The van der Waals surface area contributed by atoms with Crippen molar-refractivity contribution in [3.8, 4) is 11.5 Å². The Morgan fingerprint density at radius 1 is 1.00 bits per heavy atom. The normalized spacial score (nSPS) is 10.6. The average Bonchev–Trinajstić information content (AvgIpc) is 2.74. The van der Waals surface area contributed by atoms with E-state index >= 15 is 0 Å². The van der Waals surface area contributed by atoms with Gasteiger partial charge in [0.2, 0.25) is 0 Å². The summed E-state index contributed by atoms with van der Waals surface area (Å²) in [5.74, 6) is -0.0733. The maximum Gasteiger partial charge on any atom is 0.344 e. The minimum absolute atomic E-state index is 0.217. The molecule has 0 aromatic heterocycles. The van der Waals surface area contributed by atoms with Crippen molar-refractivity contribution in [1.82, 2.24) is 5.43 Å². The van der Waals surface area contributed by atoms with E-state index in [4.69, 9.17) is 21.1 Å². The van der Waals surface area contributed by atoms with Gasteiger partial charge in [-0.25, -0.2) is 10.2 Å². The molecule has 3 aromatic carbocycles. The van der Waals surface area contributed by atoms with Gasteiger partial charge in [0.05, 0.1) is 16.8 Å². The fraction of sp³-hybridized carbons (Fsp3) is 0.0455. The lowest BCUT2D eigenvalue weighted by molar-refractivity contribution is -0.123. The van der Waals surface area contributed by atoms with Crippen molar-refractivity contribution in [3.05, 3.63) is 93.4 Å². The van der Waals surface area contributed by atoms with Crippen LogP contribution in [0.25, 0.3) is 0 Å². The molecule has 152 valence electrons. The lowest BCUT2D eigenvalue weighted by Gasteiger charge is -2.06. The molecule has 8 heteroatoms. The zero-order chi connectivity index (χ0) is 21.3. The molecule has 0 heterocycles. The Balaban J connectivity index is 1.48. The van der Waals surface area contributed by atoms with Crippen LogP contribution in [0.15, 0.2) is 82.4 Å². The first kappa shape index (κ1) is 21.5. The summed E-state index contributed by atoms with van der Waals surface area (Å²) < 4.78 is 11.3. The highest BCUT2D eigenvalue weighted by Crippen LogP contribution is 2.23.